The zero-order valence-electron chi connectivity index (χ0n) is 6.95. The van der Waals surface area contributed by atoms with Crippen molar-refractivity contribution in [3.63, 3.8) is 0 Å². The van der Waals surface area contributed by atoms with Crippen LogP contribution in [0, 0.1) is 0 Å². The highest BCUT2D eigenvalue weighted by molar-refractivity contribution is 5.96. The SMILES string of the molecule is c1ccc2oc(C3=NN=N[N]3)nc2c1. The third-order valence-electron chi connectivity index (χ3n) is 1.80. The standard InChI is InChI=1S/C8H4N5O/c1-2-4-6-5(3-1)9-8(14-6)7-10-12-13-11-7/h1-4H. The maximum absolute atomic E-state index is 5.40. The Morgan fingerprint density at radius 1 is 1.07 bits per heavy atom. The summed E-state index contributed by atoms with van der Waals surface area (Å²) in [4.78, 5) is 4.18. The van der Waals surface area contributed by atoms with Crippen molar-refractivity contribution >= 4 is 16.9 Å². The molecule has 6 heteroatoms. The molecular weight excluding hydrogens is 182 g/mol. The Kier molecular flexibility index (Phi) is 1.35. The first-order chi connectivity index (χ1) is 6.93. The Morgan fingerprint density at radius 2 is 2.00 bits per heavy atom. The molecule has 0 saturated carbocycles. The number of nitrogens with zero attached hydrogens (tertiary/aromatic N) is 5. The van der Waals surface area contributed by atoms with Crippen molar-refractivity contribution in [1.82, 2.24) is 10.4 Å². The second-order valence-electron chi connectivity index (χ2n) is 2.69. The molecule has 1 aromatic carbocycles. The van der Waals surface area contributed by atoms with Gasteiger partial charge in [-0.25, -0.2) is 4.98 Å². The maximum atomic E-state index is 5.40. The Bertz CT molecular complexity index is 508. The zero-order chi connectivity index (χ0) is 9.38. The normalized spacial score (nSPS) is 14.4. The largest absolute Gasteiger partial charge is 0.433 e. The minimum Gasteiger partial charge on any atom is -0.433 e. The third-order valence-corrected chi connectivity index (χ3v) is 1.80. The van der Waals surface area contributed by atoms with Crippen LogP contribution in [-0.2, 0) is 0 Å². The molecule has 6 nitrogen and oxygen atoms in total. The van der Waals surface area contributed by atoms with Crippen LogP contribution in [0.5, 0.6) is 0 Å². The van der Waals surface area contributed by atoms with Gasteiger partial charge in [0.15, 0.2) is 5.58 Å². The van der Waals surface area contributed by atoms with Crippen molar-refractivity contribution in [2.45, 2.75) is 0 Å². The van der Waals surface area contributed by atoms with Crippen LogP contribution in [0.15, 0.2) is 44.2 Å². The van der Waals surface area contributed by atoms with Gasteiger partial charge in [0.05, 0.1) is 0 Å². The molecule has 1 aliphatic heterocycles. The summed E-state index contributed by atoms with van der Waals surface area (Å²) in [7, 11) is 0. The van der Waals surface area contributed by atoms with E-state index >= 15 is 0 Å². The first-order valence-electron chi connectivity index (χ1n) is 3.98. The summed E-state index contributed by atoms with van der Waals surface area (Å²) in [5.74, 6) is 0.650. The van der Waals surface area contributed by atoms with E-state index in [9.17, 15) is 0 Å². The lowest BCUT2D eigenvalue weighted by atomic mass is 10.3. The number of amidine groups is 1. The molecule has 3 rings (SSSR count). The van der Waals surface area contributed by atoms with Gasteiger partial charge in [0.25, 0.3) is 11.7 Å². The molecule has 0 aliphatic carbocycles. The number of oxazole rings is 1. The van der Waals surface area contributed by atoms with Crippen molar-refractivity contribution in [2.24, 2.45) is 15.5 Å². The van der Waals surface area contributed by atoms with E-state index < -0.39 is 0 Å². The molecule has 0 bridgehead atoms. The summed E-state index contributed by atoms with van der Waals surface area (Å²) in [6.45, 7) is 0. The van der Waals surface area contributed by atoms with Gasteiger partial charge in [0.2, 0.25) is 0 Å². The van der Waals surface area contributed by atoms with Gasteiger partial charge in [-0.3, -0.25) is 0 Å². The highest BCUT2D eigenvalue weighted by Crippen LogP contribution is 2.15. The number of aromatic nitrogens is 1. The molecule has 1 aliphatic rings. The molecule has 0 unspecified atom stereocenters. The average molecular weight is 186 g/mol. The van der Waals surface area contributed by atoms with E-state index in [-0.39, 0.29) is 0 Å². The smallest absolute Gasteiger partial charge is 0.270 e. The van der Waals surface area contributed by atoms with Crippen LogP contribution in [0.3, 0.4) is 0 Å². The Hall–Kier alpha value is -2.24. The second-order valence-corrected chi connectivity index (χ2v) is 2.69. The van der Waals surface area contributed by atoms with Crippen molar-refractivity contribution in [3.8, 4) is 0 Å². The highest BCUT2D eigenvalue weighted by Gasteiger charge is 2.16. The fourth-order valence-corrected chi connectivity index (χ4v) is 1.20. The van der Waals surface area contributed by atoms with Crippen LogP contribution in [0.1, 0.15) is 5.89 Å². The van der Waals surface area contributed by atoms with E-state index in [1.807, 2.05) is 24.3 Å². The Labute approximate surface area is 78.3 Å². The van der Waals surface area contributed by atoms with Gasteiger partial charge >= 0.3 is 0 Å². The van der Waals surface area contributed by atoms with Gasteiger partial charge < -0.3 is 4.42 Å². The molecule has 67 valence electrons. The molecule has 0 fully saturated rings. The Morgan fingerprint density at radius 3 is 2.79 bits per heavy atom. The van der Waals surface area contributed by atoms with Crippen LogP contribution in [0.2, 0.25) is 0 Å². The zero-order valence-corrected chi connectivity index (χ0v) is 6.95. The van der Waals surface area contributed by atoms with Crippen molar-refractivity contribution in [1.29, 1.82) is 0 Å². The van der Waals surface area contributed by atoms with Gasteiger partial charge in [0.1, 0.15) is 5.52 Å². The molecular formula is C8H4N5O. The van der Waals surface area contributed by atoms with Crippen LogP contribution in [0.4, 0.5) is 0 Å². The summed E-state index contributed by atoms with van der Waals surface area (Å²) >= 11 is 0. The number of hydrogen-bond donors (Lipinski definition) is 0. The van der Waals surface area contributed by atoms with E-state index in [2.05, 4.69) is 26.0 Å². The number of rotatable bonds is 1. The summed E-state index contributed by atoms with van der Waals surface area (Å²) in [6, 6.07) is 7.44. The van der Waals surface area contributed by atoms with Crippen molar-refractivity contribution in [2.75, 3.05) is 0 Å². The predicted octanol–water partition coefficient (Wildman–Crippen LogP) is 1.47. The molecule has 2 aromatic rings. The van der Waals surface area contributed by atoms with Crippen molar-refractivity contribution in [3.05, 3.63) is 30.2 Å². The minimum absolute atomic E-state index is 0.307. The molecule has 2 heterocycles. The molecule has 0 spiro atoms. The monoisotopic (exact) mass is 186 g/mol. The van der Waals surface area contributed by atoms with Crippen LogP contribution in [0.25, 0.3) is 11.1 Å². The molecule has 1 aromatic heterocycles. The van der Waals surface area contributed by atoms with Crippen LogP contribution in [-0.4, -0.2) is 10.8 Å². The van der Waals surface area contributed by atoms with E-state index in [1.54, 1.807) is 0 Å². The number of fused-ring (bicyclic) bond motifs is 1. The van der Waals surface area contributed by atoms with Gasteiger partial charge in [-0.15, -0.1) is 10.5 Å². The van der Waals surface area contributed by atoms with Crippen LogP contribution >= 0.6 is 0 Å². The van der Waals surface area contributed by atoms with E-state index in [4.69, 9.17) is 4.42 Å². The van der Waals surface area contributed by atoms with E-state index in [0.29, 0.717) is 17.3 Å². The van der Waals surface area contributed by atoms with Crippen LogP contribution < -0.4 is 5.43 Å². The van der Waals surface area contributed by atoms with E-state index in [1.165, 1.54) is 0 Å². The highest BCUT2D eigenvalue weighted by atomic mass is 16.3. The lowest BCUT2D eigenvalue weighted by Gasteiger charge is -1.85. The number of benzene rings is 1. The average Bonchev–Trinajstić information content (AvgIpc) is 2.86. The third kappa shape index (κ3) is 0.972. The predicted molar refractivity (Wildman–Crippen MR) is 47.5 cm³/mol. The topological polar surface area (TPSA) is 77.2 Å². The lowest BCUT2D eigenvalue weighted by Crippen LogP contribution is -2.07. The summed E-state index contributed by atoms with van der Waals surface area (Å²) in [5, 5.41) is 10.4. The fourth-order valence-electron chi connectivity index (χ4n) is 1.20. The molecule has 1 radical (unpaired) electrons. The maximum Gasteiger partial charge on any atom is 0.270 e. The summed E-state index contributed by atoms with van der Waals surface area (Å²) < 4.78 is 5.40. The van der Waals surface area contributed by atoms with Gasteiger partial charge in [-0.05, 0) is 22.6 Å². The summed E-state index contributed by atoms with van der Waals surface area (Å²) in [6.07, 6.45) is 0. The quantitative estimate of drug-likeness (QED) is 0.676. The van der Waals surface area contributed by atoms with Gasteiger partial charge in [-0.1, -0.05) is 12.1 Å². The molecule has 0 atom stereocenters. The minimum atomic E-state index is 0.307. The molecule has 0 N–H and O–H groups in total. The van der Waals surface area contributed by atoms with Gasteiger partial charge in [0, 0.05) is 0 Å². The first-order valence-corrected chi connectivity index (χ1v) is 3.98. The number of hydrogen-bond acceptors (Lipinski definition) is 5. The molecule has 0 saturated heterocycles. The first kappa shape index (κ1) is 7.19. The lowest BCUT2D eigenvalue weighted by molar-refractivity contribution is 0.585. The van der Waals surface area contributed by atoms with E-state index in [0.717, 1.165) is 5.52 Å². The molecule has 0 amide bonds. The summed E-state index contributed by atoms with van der Waals surface area (Å²) in [5.41, 5.74) is 5.13. The number of para-hydroxylation sites is 2. The van der Waals surface area contributed by atoms with Gasteiger partial charge in [-0.2, -0.15) is 0 Å². The Balaban J connectivity index is 2.15. The second kappa shape index (κ2) is 2.63. The fraction of sp³-hybridized carbons (Fsp3) is 0. The van der Waals surface area contributed by atoms with Crippen molar-refractivity contribution < 1.29 is 4.42 Å². The molecule has 14 heavy (non-hydrogen) atoms.